The number of carbonyl (C=O) groups excluding carboxylic acids is 2. The summed E-state index contributed by atoms with van der Waals surface area (Å²) in [6, 6.07) is 7.56. The van der Waals surface area contributed by atoms with Crippen molar-refractivity contribution >= 4 is 33.3 Å². The number of esters is 1. The van der Waals surface area contributed by atoms with Crippen molar-refractivity contribution < 1.29 is 37.1 Å². The molecule has 1 fully saturated rings. The number of nitrogens with zero attached hydrogens (tertiary/aromatic N) is 2. The summed E-state index contributed by atoms with van der Waals surface area (Å²) in [7, 11) is -1.20. The summed E-state index contributed by atoms with van der Waals surface area (Å²) in [6.45, 7) is 2.10. The average molecular weight is 536 g/mol. The maximum atomic E-state index is 13.2. The first-order chi connectivity index (χ1) is 17.6. The van der Waals surface area contributed by atoms with E-state index in [0.29, 0.717) is 13.1 Å². The zero-order valence-corrected chi connectivity index (χ0v) is 21.6. The number of non-ortho nitro benzene ring substituents is 1. The minimum absolute atomic E-state index is 0.0210. The van der Waals surface area contributed by atoms with Crippen LogP contribution in [0, 0.1) is 10.1 Å². The highest BCUT2D eigenvalue weighted by Gasteiger charge is 2.29. The number of nitro benzene ring substituents is 1. The van der Waals surface area contributed by atoms with Crippen LogP contribution in [-0.4, -0.2) is 62.9 Å². The van der Waals surface area contributed by atoms with E-state index in [2.05, 4.69) is 5.32 Å². The Bertz CT molecular complexity index is 1270. The molecule has 2 aromatic carbocycles. The molecule has 12 nitrogen and oxygen atoms in total. The highest BCUT2D eigenvalue weighted by atomic mass is 32.2. The molecule has 0 radical (unpaired) electrons. The summed E-state index contributed by atoms with van der Waals surface area (Å²) in [5, 5.41) is 13.5. The van der Waals surface area contributed by atoms with Crippen LogP contribution in [0.4, 0.5) is 11.4 Å². The molecule has 0 spiro atoms. The number of rotatable bonds is 9. The molecule has 0 saturated carbocycles. The second-order valence-electron chi connectivity index (χ2n) is 8.36. The second kappa shape index (κ2) is 12.0. The molecule has 200 valence electrons. The van der Waals surface area contributed by atoms with Crippen LogP contribution >= 0.6 is 0 Å². The van der Waals surface area contributed by atoms with E-state index in [9.17, 15) is 28.1 Å². The van der Waals surface area contributed by atoms with E-state index < -0.39 is 32.9 Å². The van der Waals surface area contributed by atoms with Gasteiger partial charge in [-0.2, -0.15) is 4.31 Å². The molecule has 1 saturated heterocycles. The Hall–Kier alpha value is -3.71. The Kier molecular flexibility index (Phi) is 9.05. The fraction of sp³-hybridized carbons (Fsp3) is 0.417. The first kappa shape index (κ1) is 27.9. The average Bonchev–Trinajstić information content (AvgIpc) is 3.18. The zero-order chi connectivity index (χ0) is 27.2. The number of amides is 1. The molecule has 0 bridgehead atoms. The second-order valence-corrected chi connectivity index (χ2v) is 10.3. The summed E-state index contributed by atoms with van der Waals surface area (Å²) in [5.41, 5.74) is -0.411. The number of hydrogen-bond acceptors (Lipinski definition) is 9. The van der Waals surface area contributed by atoms with Crippen molar-refractivity contribution in [2.75, 3.05) is 32.6 Å². The number of sulfonamides is 1. The summed E-state index contributed by atoms with van der Waals surface area (Å²) in [6.07, 6.45) is 2.08. The van der Waals surface area contributed by atoms with E-state index in [0.717, 1.165) is 31.7 Å². The van der Waals surface area contributed by atoms with Gasteiger partial charge in [-0.3, -0.25) is 14.9 Å². The van der Waals surface area contributed by atoms with Gasteiger partial charge >= 0.3 is 5.97 Å². The molecule has 2 aromatic rings. The Balaban J connectivity index is 1.80. The van der Waals surface area contributed by atoms with Crippen molar-refractivity contribution in [2.24, 2.45) is 0 Å². The van der Waals surface area contributed by atoms with Gasteiger partial charge in [0.2, 0.25) is 10.0 Å². The Morgan fingerprint density at radius 3 is 2.22 bits per heavy atom. The SMILES string of the molecule is COc1ccc([N+](=O)[O-])cc1NC(=O)C(C)OC(=O)c1cc(S(=O)(=O)N2CCCCCC2)ccc1OC. The molecule has 0 aromatic heterocycles. The Morgan fingerprint density at radius 1 is 1.00 bits per heavy atom. The van der Waals surface area contributed by atoms with E-state index in [-0.39, 0.29) is 33.3 Å². The van der Waals surface area contributed by atoms with Gasteiger partial charge in [0, 0.05) is 25.2 Å². The maximum Gasteiger partial charge on any atom is 0.342 e. The van der Waals surface area contributed by atoms with Gasteiger partial charge in [0.05, 0.1) is 29.7 Å². The van der Waals surface area contributed by atoms with E-state index in [1.165, 1.54) is 55.8 Å². The highest BCUT2D eigenvalue weighted by molar-refractivity contribution is 7.89. The molecule has 0 aliphatic carbocycles. The highest BCUT2D eigenvalue weighted by Crippen LogP contribution is 2.30. The van der Waals surface area contributed by atoms with E-state index in [4.69, 9.17) is 14.2 Å². The van der Waals surface area contributed by atoms with Crippen LogP contribution in [0.5, 0.6) is 11.5 Å². The quantitative estimate of drug-likeness (QED) is 0.289. The van der Waals surface area contributed by atoms with Gasteiger partial charge in [-0.15, -0.1) is 0 Å². The van der Waals surface area contributed by atoms with Gasteiger partial charge < -0.3 is 19.5 Å². The van der Waals surface area contributed by atoms with Crippen LogP contribution in [0.1, 0.15) is 43.0 Å². The third-order valence-corrected chi connectivity index (χ3v) is 7.79. The lowest BCUT2D eigenvalue weighted by Crippen LogP contribution is -2.32. The fourth-order valence-corrected chi connectivity index (χ4v) is 5.40. The molecule has 3 rings (SSSR count). The Morgan fingerprint density at radius 2 is 1.62 bits per heavy atom. The lowest BCUT2D eigenvalue weighted by Gasteiger charge is -2.21. The molecule has 1 atom stereocenters. The van der Waals surface area contributed by atoms with Crippen molar-refractivity contribution in [3.05, 3.63) is 52.1 Å². The monoisotopic (exact) mass is 535 g/mol. The summed E-state index contributed by atoms with van der Waals surface area (Å²) >= 11 is 0. The number of carbonyl (C=O) groups is 2. The van der Waals surface area contributed by atoms with Crippen molar-refractivity contribution in [3.8, 4) is 11.5 Å². The third-order valence-electron chi connectivity index (χ3n) is 5.90. The minimum Gasteiger partial charge on any atom is -0.496 e. The van der Waals surface area contributed by atoms with Crippen molar-refractivity contribution in [2.45, 2.75) is 43.6 Å². The number of benzene rings is 2. The van der Waals surface area contributed by atoms with Crippen LogP contribution < -0.4 is 14.8 Å². The standard InChI is InChI=1S/C24H29N3O9S/c1-16(23(28)25-20-14-17(27(30)31)8-10-22(20)35-3)36-24(29)19-15-18(9-11-21(19)34-2)37(32,33)26-12-6-4-5-7-13-26/h8-11,14-16H,4-7,12-13H2,1-3H3,(H,25,28). The van der Waals surface area contributed by atoms with Gasteiger partial charge in [-0.05, 0) is 44.0 Å². The predicted octanol–water partition coefficient (Wildman–Crippen LogP) is 3.36. The third kappa shape index (κ3) is 6.54. The molecule has 1 aliphatic heterocycles. The van der Waals surface area contributed by atoms with Crippen LogP contribution in [0.3, 0.4) is 0 Å². The van der Waals surface area contributed by atoms with Crippen LogP contribution in [0.15, 0.2) is 41.3 Å². The number of methoxy groups -OCH3 is 2. The largest absolute Gasteiger partial charge is 0.496 e. The number of nitro groups is 1. The molecule has 1 aliphatic rings. The molecular weight excluding hydrogens is 506 g/mol. The molecule has 1 unspecified atom stereocenters. The van der Waals surface area contributed by atoms with Gasteiger partial charge in [-0.25, -0.2) is 13.2 Å². The van der Waals surface area contributed by atoms with Gasteiger partial charge in [0.15, 0.2) is 6.10 Å². The van der Waals surface area contributed by atoms with E-state index >= 15 is 0 Å². The number of hydrogen-bond donors (Lipinski definition) is 1. The summed E-state index contributed by atoms with van der Waals surface area (Å²) in [5.74, 6) is -1.50. The predicted molar refractivity (Wildman–Crippen MR) is 133 cm³/mol. The zero-order valence-electron chi connectivity index (χ0n) is 20.8. The van der Waals surface area contributed by atoms with Crippen molar-refractivity contribution in [1.29, 1.82) is 0 Å². The van der Waals surface area contributed by atoms with Gasteiger partial charge in [0.1, 0.15) is 17.1 Å². The summed E-state index contributed by atoms with van der Waals surface area (Å²) in [4.78, 5) is 36.0. The molecule has 37 heavy (non-hydrogen) atoms. The molecular formula is C24H29N3O9S. The molecule has 13 heteroatoms. The lowest BCUT2D eigenvalue weighted by molar-refractivity contribution is -0.384. The smallest absolute Gasteiger partial charge is 0.342 e. The number of nitrogens with one attached hydrogen (secondary N) is 1. The minimum atomic E-state index is -3.85. The first-order valence-corrected chi connectivity index (χ1v) is 13.0. The molecule has 1 N–H and O–H groups in total. The lowest BCUT2D eigenvalue weighted by atomic mass is 10.2. The summed E-state index contributed by atoms with van der Waals surface area (Å²) < 4.78 is 43.4. The molecule has 1 amide bonds. The van der Waals surface area contributed by atoms with Crippen LogP contribution in [-0.2, 0) is 19.6 Å². The fourth-order valence-electron chi connectivity index (χ4n) is 3.86. The molecule has 1 heterocycles. The van der Waals surface area contributed by atoms with Gasteiger partial charge in [0.25, 0.3) is 11.6 Å². The number of ether oxygens (including phenoxy) is 3. The van der Waals surface area contributed by atoms with E-state index in [1.54, 1.807) is 0 Å². The maximum absolute atomic E-state index is 13.2. The van der Waals surface area contributed by atoms with Crippen LogP contribution in [0.2, 0.25) is 0 Å². The van der Waals surface area contributed by atoms with E-state index in [1.807, 2.05) is 0 Å². The van der Waals surface area contributed by atoms with Crippen LogP contribution in [0.25, 0.3) is 0 Å². The normalized spacial score (nSPS) is 15.2. The topological polar surface area (TPSA) is 154 Å². The van der Waals surface area contributed by atoms with Crippen molar-refractivity contribution in [1.82, 2.24) is 4.31 Å². The number of anilines is 1. The van der Waals surface area contributed by atoms with Gasteiger partial charge in [-0.1, -0.05) is 12.8 Å². The first-order valence-electron chi connectivity index (χ1n) is 11.6. The Labute approximate surface area is 214 Å². The van der Waals surface area contributed by atoms with Crippen molar-refractivity contribution in [3.63, 3.8) is 0 Å².